The lowest BCUT2D eigenvalue weighted by Gasteiger charge is -2.32. The zero-order chi connectivity index (χ0) is 20.6. The molecule has 2 fully saturated rings. The lowest BCUT2D eigenvalue weighted by molar-refractivity contribution is -0.132. The van der Waals surface area contributed by atoms with E-state index in [2.05, 4.69) is 21.8 Å². The predicted octanol–water partition coefficient (Wildman–Crippen LogP) is 1.21. The molecule has 1 aromatic rings. The Kier molecular flexibility index (Phi) is 7.94. The third-order valence-corrected chi connectivity index (χ3v) is 5.81. The number of aryl methyl sites for hydroxylation is 1. The Morgan fingerprint density at radius 2 is 1.83 bits per heavy atom. The molecule has 8 heteroatoms. The van der Waals surface area contributed by atoms with Crippen LogP contribution in [0.4, 0.5) is 0 Å². The van der Waals surface area contributed by atoms with Crippen LogP contribution in [0.25, 0.3) is 0 Å². The Hall–Kier alpha value is -2.06. The predicted molar refractivity (Wildman–Crippen MR) is 110 cm³/mol. The van der Waals surface area contributed by atoms with E-state index in [9.17, 15) is 9.59 Å². The normalized spacial score (nSPS) is 18.6. The first-order chi connectivity index (χ1) is 14.0. The molecule has 0 unspecified atom stereocenters. The molecule has 1 aromatic heterocycles. The van der Waals surface area contributed by atoms with Crippen molar-refractivity contribution in [2.24, 2.45) is 5.92 Å². The Balaban J connectivity index is 1.59. The van der Waals surface area contributed by atoms with Gasteiger partial charge in [0, 0.05) is 58.4 Å². The topological polar surface area (TPSA) is 78.9 Å². The minimum absolute atomic E-state index is 0.135. The SMILES string of the molecule is Cc1cnc(C(=O)N(CCC(=O)N2CCC(C)CC2)CCN2CCOCC2)cn1. The number of likely N-dealkylation sites (tertiary alicyclic amines) is 1. The van der Waals surface area contributed by atoms with Crippen molar-refractivity contribution in [2.75, 3.05) is 59.0 Å². The smallest absolute Gasteiger partial charge is 0.274 e. The highest BCUT2D eigenvalue weighted by atomic mass is 16.5. The Bertz CT molecular complexity index is 667. The fraction of sp³-hybridized carbons (Fsp3) is 0.714. The second kappa shape index (κ2) is 10.6. The first-order valence-electron chi connectivity index (χ1n) is 10.7. The van der Waals surface area contributed by atoms with Crippen LogP contribution in [0.2, 0.25) is 0 Å². The van der Waals surface area contributed by atoms with Crippen LogP contribution < -0.4 is 0 Å². The van der Waals surface area contributed by atoms with E-state index >= 15 is 0 Å². The van der Waals surface area contributed by atoms with Crippen LogP contribution in [-0.4, -0.2) is 95.5 Å². The van der Waals surface area contributed by atoms with Crippen molar-refractivity contribution in [1.82, 2.24) is 24.7 Å². The number of aromatic nitrogens is 2. The molecule has 29 heavy (non-hydrogen) atoms. The minimum atomic E-state index is -0.161. The molecular weight excluding hydrogens is 370 g/mol. The summed E-state index contributed by atoms with van der Waals surface area (Å²) in [5.74, 6) is 0.660. The summed E-state index contributed by atoms with van der Waals surface area (Å²) in [6.45, 7) is 10.7. The molecule has 3 rings (SSSR count). The second-order valence-corrected chi connectivity index (χ2v) is 8.10. The number of nitrogens with zero attached hydrogens (tertiary/aromatic N) is 5. The zero-order valence-electron chi connectivity index (χ0n) is 17.7. The third kappa shape index (κ3) is 6.47. The second-order valence-electron chi connectivity index (χ2n) is 8.10. The number of ether oxygens (including phenoxy) is 1. The van der Waals surface area contributed by atoms with E-state index in [0.717, 1.165) is 64.5 Å². The Morgan fingerprint density at radius 1 is 1.10 bits per heavy atom. The van der Waals surface area contributed by atoms with E-state index in [0.29, 0.717) is 31.1 Å². The van der Waals surface area contributed by atoms with Crippen molar-refractivity contribution < 1.29 is 14.3 Å². The van der Waals surface area contributed by atoms with E-state index in [1.807, 2.05) is 11.8 Å². The summed E-state index contributed by atoms with van der Waals surface area (Å²) in [4.78, 5) is 40.1. The summed E-state index contributed by atoms with van der Waals surface area (Å²) in [6, 6.07) is 0. The first-order valence-corrected chi connectivity index (χ1v) is 10.7. The molecule has 2 saturated heterocycles. The number of carbonyl (C=O) groups excluding carboxylic acids is 2. The number of carbonyl (C=O) groups is 2. The highest BCUT2D eigenvalue weighted by Crippen LogP contribution is 2.17. The van der Waals surface area contributed by atoms with Crippen LogP contribution in [0, 0.1) is 12.8 Å². The van der Waals surface area contributed by atoms with Gasteiger partial charge in [-0.05, 0) is 25.7 Å². The van der Waals surface area contributed by atoms with Gasteiger partial charge in [0.25, 0.3) is 5.91 Å². The van der Waals surface area contributed by atoms with Crippen LogP contribution in [0.3, 0.4) is 0 Å². The van der Waals surface area contributed by atoms with E-state index in [-0.39, 0.29) is 11.8 Å². The van der Waals surface area contributed by atoms with E-state index < -0.39 is 0 Å². The Morgan fingerprint density at radius 3 is 2.48 bits per heavy atom. The van der Waals surface area contributed by atoms with Gasteiger partial charge in [-0.1, -0.05) is 6.92 Å². The van der Waals surface area contributed by atoms with Crippen LogP contribution in [0.5, 0.6) is 0 Å². The lowest BCUT2D eigenvalue weighted by Crippen LogP contribution is -2.45. The zero-order valence-corrected chi connectivity index (χ0v) is 17.7. The summed E-state index contributed by atoms with van der Waals surface area (Å²) >= 11 is 0. The molecule has 0 bridgehead atoms. The van der Waals surface area contributed by atoms with Gasteiger partial charge in [-0.15, -0.1) is 0 Å². The molecule has 160 valence electrons. The monoisotopic (exact) mass is 403 g/mol. The highest BCUT2D eigenvalue weighted by molar-refractivity contribution is 5.92. The Labute approximate surface area is 173 Å². The fourth-order valence-corrected chi connectivity index (χ4v) is 3.71. The third-order valence-electron chi connectivity index (χ3n) is 5.81. The van der Waals surface area contributed by atoms with Gasteiger partial charge in [0.15, 0.2) is 0 Å². The maximum Gasteiger partial charge on any atom is 0.274 e. The molecule has 0 saturated carbocycles. The summed E-state index contributed by atoms with van der Waals surface area (Å²) in [5, 5.41) is 0. The highest BCUT2D eigenvalue weighted by Gasteiger charge is 2.23. The molecule has 0 radical (unpaired) electrons. The number of amides is 2. The van der Waals surface area contributed by atoms with E-state index in [1.54, 1.807) is 11.1 Å². The van der Waals surface area contributed by atoms with Crippen molar-refractivity contribution in [1.29, 1.82) is 0 Å². The van der Waals surface area contributed by atoms with Crippen molar-refractivity contribution in [3.05, 3.63) is 23.8 Å². The average Bonchev–Trinajstić information content (AvgIpc) is 2.75. The molecule has 3 heterocycles. The van der Waals surface area contributed by atoms with Gasteiger partial charge in [-0.25, -0.2) is 4.98 Å². The van der Waals surface area contributed by atoms with Gasteiger partial charge >= 0.3 is 0 Å². The number of hydrogen-bond acceptors (Lipinski definition) is 6. The van der Waals surface area contributed by atoms with E-state index in [4.69, 9.17) is 4.74 Å². The molecule has 0 spiro atoms. The number of piperidine rings is 1. The molecule has 8 nitrogen and oxygen atoms in total. The average molecular weight is 404 g/mol. The summed E-state index contributed by atoms with van der Waals surface area (Å²) < 4.78 is 5.40. The molecule has 0 aromatic carbocycles. The van der Waals surface area contributed by atoms with Gasteiger partial charge in [0.1, 0.15) is 5.69 Å². The van der Waals surface area contributed by atoms with Crippen molar-refractivity contribution in [2.45, 2.75) is 33.1 Å². The summed E-state index contributed by atoms with van der Waals surface area (Å²) in [5.41, 5.74) is 1.10. The van der Waals surface area contributed by atoms with Gasteiger partial charge in [0.05, 0.1) is 25.1 Å². The molecular formula is C21H33N5O3. The molecule has 2 amide bonds. The van der Waals surface area contributed by atoms with Crippen molar-refractivity contribution in [3.8, 4) is 0 Å². The van der Waals surface area contributed by atoms with Crippen LogP contribution in [0.1, 0.15) is 42.4 Å². The molecule has 0 aliphatic carbocycles. The standard InChI is InChI=1S/C21H33N5O3/c1-17-3-6-25(7-4-17)20(27)5-8-26(10-9-24-11-13-29-14-12-24)21(28)19-16-22-18(2)15-23-19/h15-17H,3-14H2,1-2H3. The van der Waals surface area contributed by atoms with Gasteiger partial charge < -0.3 is 14.5 Å². The quantitative estimate of drug-likeness (QED) is 0.681. The number of rotatable bonds is 7. The lowest BCUT2D eigenvalue weighted by atomic mass is 9.99. The maximum absolute atomic E-state index is 13.0. The maximum atomic E-state index is 13.0. The minimum Gasteiger partial charge on any atom is -0.379 e. The molecule has 2 aliphatic rings. The van der Waals surface area contributed by atoms with Crippen molar-refractivity contribution >= 4 is 11.8 Å². The van der Waals surface area contributed by atoms with Crippen LogP contribution >= 0.6 is 0 Å². The van der Waals surface area contributed by atoms with E-state index in [1.165, 1.54) is 6.20 Å². The fourth-order valence-electron chi connectivity index (χ4n) is 3.71. The molecule has 2 aliphatic heterocycles. The largest absolute Gasteiger partial charge is 0.379 e. The van der Waals surface area contributed by atoms with Crippen molar-refractivity contribution in [3.63, 3.8) is 0 Å². The first kappa shape index (κ1) is 21.6. The van der Waals surface area contributed by atoms with Gasteiger partial charge in [-0.2, -0.15) is 0 Å². The number of morpholine rings is 1. The molecule has 0 N–H and O–H groups in total. The molecule has 0 atom stereocenters. The summed E-state index contributed by atoms with van der Waals surface area (Å²) in [6.07, 6.45) is 5.60. The van der Waals surface area contributed by atoms with Gasteiger partial charge in [-0.3, -0.25) is 19.5 Å². The van der Waals surface area contributed by atoms with Gasteiger partial charge in [0.2, 0.25) is 5.91 Å². The van der Waals surface area contributed by atoms with Crippen LogP contribution in [-0.2, 0) is 9.53 Å². The number of hydrogen-bond donors (Lipinski definition) is 0. The summed E-state index contributed by atoms with van der Waals surface area (Å²) in [7, 11) is 0. The van der Waals surface area contributed by atoms with Crippen LogP contribution in [0.15, 0.2) is 12.4 Å².